The summed E-state index contributed by atoms with van der Waals surface area (Å²) in [6.45, 7) is 3.34. The monoisotopic (exact) mass is 484 g/mol. The summed E-state index contributed by atoms with van der Waals surface area (Å²) in [4.78, 5) is 16.8. The summed E-state index contributed by atoms with van der Waals surface area (Å²) in [6, 6.07) is 18.2. The molecule has 8 nitrogen and oxygen atoms in total. The molecule has 35 heavy (non-hydrogen) atoms. The lowest BCUT2D eigenvalue weighted by Crippen LogP contribution is -2.36. The Kier molecular flexibility index (Phi) is 5.77. The van der Waals surface area contributed by atoms with E-state index in [1.165, 1.54) is 5.69 Å². The van der Waals surface area contributed by atoms with E-state index in [0.717, 1.165) is 54.6 Å². The fourth-order valence-corrected chi connectivity index (χ4v) is 4.78. The van der Waals surface area contributed by atoms with Gasteiger partial charge in [0.2, 0.25) is 0 Å². The Morgan fingerprint density at radius 1 is 0.943 bits per heavy atom. The predicted octanol–water partition coefficient (Wildman–Crippen LogP) is 5.13. The van der Waals surface area contributed by atoms with Crippen LogP contribution in [0.3, 0.4) is 0 Å². The Hall–Kier alpha value is -3.95. The van der Waals surface area contributed by atoms with Crippen LogP contribution < -0.4 is 15.0 Å². The molecule has 0 aliphatic carbocycles. The molecule has 0 saturated carbocycles. The maximum absolute atomic E-state index is 5.47. The number of morpholine rings is 1. The van der Waals surface area contributed by atoms with E-state index in [4.69, 9.17) is 19.4 Å². The summed E-state index contributed by atoms with van der Waals surface area (Å²) in [7, 11) is 1.66. The molecule has 0 spiro atoms. The predicted molar refractivity (Wildman–Crippen MR) is 139 cm³/mol. The molecule has 1 saturated heterocycles. The minimum absolute atomic E-state index is 0.615. The highest BCUT2D eigenvalue weighted by atomic mass is 32.1. The van der Waals surface area contributed by atoms with Gasteiger partial charge in [-0.2, -0.15) is 11.3 Å². The Bertz CT molecular complexity index is 1430. The summed E-state index contributed by atoms with van der Waals surface area (Å²) in [5.41, 5.74) is 5.51. The SMILES string of the molecule is COc1ccc(-c2nc(Nc3ccc(N4CCOCC4)cc3)c3ncn(-c4ccsc4)c3n2)cc1. The normalized spacial score (nSPS) is 13.8. The van der Waals surface area contributed by atoms with Crippen molar-refractivity contribution in [3.05, 3.63) is 71.7 Å². The Labute approximate surface area is 206 Å². The smallest absolute Gasteiger partial charge is 0.170 e. The number of rotatable bonds is 6. The van der Waals surface area contributed by atoms with Crippen molar-refractivity contribution in [2.75, 3.05) is 43.6 Å². The number of thiophene rings is 1. The first kappa shape index (κ1) is 21.6. The van der Waals surface area contributed by atoms with Crippen molar-refractivity contribution in [3.8, 4) is 22.8 Å². The Morgan fingerprint density at radius 3 is 2.46 bits per heavy atom. The average Bonchev–Trinajstić information content (AvgIpc) is 3.60. The molecule has 0 unspecified atom stereocenters. The second kappa shape index (κ2) is 9.36. The van der Waals surface area contributed by atoms with Crippen LogP contribution in [0.4, 0.5) is 17.2 Å². The van der Waals surface area contributed by atoms with Crippen LogP contribution in [0, 0.1) is 0 Å². The number of nitrogens with one attached hydrogen (secondary N) is 1. The number of nitrogens with zero attached hydrogens (tertiary/aromatic N) is 5. The lowest BCUT2D eigenvalue weighted by Gasteiger charge is -2.28. The van der Waals surface area contributed by atoms with Gasteiger partial charge in [-0.1, -0.05) is 0 Å². The van der Waals surface area contributed by atoms with Crippen molar-refractivity contribution in [1.29, 1.82) is 0 Å². The van der Waals surface area contributed by atoms with E-state index in [0.29, 0.717) is 17.2 Å². The van der Waals surface area contributed by atoms with Crippen LogP contribution in [-0.2, 0) is 4.74 Å². The molecular formula is C26H24N6O2S. The van der Waals surface area contributed by atoms with Crippen molar-refractivity contribution < 1.29 is 9.47 Å². The molecule has 0 radical (unpaired) electrons. The summed E-state index contributed by atoms with van der Waals surface area (Å²) in [6.07, 6.45) is 1.80. The van der Waals surface area contributed by atoms with E-state index < -0.39 is 0 Å². The molecule has 2 aromatic carbocycles. The summed E-state index contributed by atoms with van der Waals surface area (Å²) >= 11 is 1.64. The molecule has 6 rings (SSSR count). The molecule has 176 valence electrons. The Morgan fingerprint density at radius 2 is 1.74 bits per heavy atom. The topological polar surface area (TPSA) is 77.3 Å². The van der Waals surface area contributed by atoms with Gasteiger partial charge < -0.3 is 19.7 Å². The third-order valence-electron chi connectivity index (χ3n) is 6.03. The molecule has 9 heteroatoms. The van der Waals surface area contributed by atoms with Crippen LogP contribution in [0.25, 0.3) is 28.2 Å². The van der Waals surface area contributed by atoms with E-state index in [9.17, 15) is 0 Å². The lowest BCUT2D eigenvalue weighted by molar-refractivity contribution is 0.122. The van der Waals surface area contributed by atoms with Gasteiger partial charge in [-0.15, -0.1) is 0 Å². The van der Waals surface area contributed by atoms with Crippen molar-refractivity contribution in [2.24, 2.45) is 0 Å². The van der Waals surface area contributed by atoms with Crippen molar-refractivity contribution in [1.82, 2.24) is 19.5 Å². The van der Waals surface area contributed by atoms with E-state index in [-0.39, 0.29) is 0 Å². The van der Waals surface area contributed by atoms with Gasteiger partial charge >= 0.3 is 0 Å². The number of imidazole rings is 1. The van der Waals surface area contributed by atoms with Crippen LogP contribution in [0.5, 0.6) is 5.75 Å². The number of methoxy groups -OCH3 is 1. The number of benzene rings is 2. The first-order valence-electron chi connectivity index (χ1n) is 11.4. The second-order valence-electron chi connectivity index (χ2n) is 8.16. The Balaban J connectivity index is 1.39. The van der Waals surface area contributed by atoms with Crippen molar-refractivity contribution >= 4 is 39.7 Å². The van der Waals surface area contributed by atoms with Crippen LogP contribution in [0.15, 0.2) is 71.7 Å². The fourth-order valence-electron chi connectivity index (χ4n) is 4.15. The zero-order chi connectivity index (χ0) is 23.6. The first-order chi connectivity index (χ1) is 17.3. The summed E-state index contributed by atoms with van der Waals surface area (Å²) in [5, 5.41) is 7.60. The summed E-state index contributed by atoms with van der Waals surface area (Å²) < 4.78 is 12.8. The molecule has 1 aliphatic rings. The first-order valence-corrected chi connectivity index (χ1v) is 12.3. The number of hydrogen-bond acceptors (Lipinski definition) is 8. The maximum Gasteiger partial charge on any atom is 0.170 e. The molecule has 0 bridgehead atoms. The van der Waals surface area contributed by atoms with Crippen LogP contribution >= 0.6 is 11.3 Å². The van der Waals surface area contributed by atoms with Crippen LogP contribution in [0.2, 0.25) is 0 Å². The standard InChI is InChI=1S/C26H24N6O2S/c1-33-22-8-2-18(3-9-22)24-29-25(23-26(30-24)32(17-27-23)21-10-15-35-16-21)28-19-4-6-20(7-5-19)31-11-13-34-14-12-31/h2-10,15-17H,11-14H2,1H3,(H,28,29,30). The van der Waals surface area contributed by atoms with Gasteiger partial charge in [-0.05, 0) is 60.0 Å². The third kappa shape index (κ3) is 4.31. The van der Waals surface area contributed by atoms with E-state index in [2.05, 4.69) is 50.9 Å². The maximum atomic E-state index is 5.47. The van der Waals surface area contributed by atoms with Crippen LogP contribution in [0.1, 0.15) is 0 Å². The molecule has 4 heterocycles. The summed E-state index contributed by atoms with van der Waals surface area (Å²) in [5.74, 6) is 2.07. The average molecular weight is 485 g/mol. The fraction of sp³-hybridized carbons (Fsp3) is 0.192. The molecule has 5 aromatic rings. The van der Waals surface area contributed by atoms with Gasteiger partial charge in [0.15, 0.2) is 22.8 Å². The van der Waals surface area contributed by atoms with Gasteiger partial charge in [-0.3, -0.25) is 4.57 Å². The minimum atomic E-state index is 0.615. The largest absolute Gasteiger partial charge is 0.497 e. The number of aromatic nitrogens is 4. The number of ether oxygens (including phenoxy) is 2. The molecule has 0 atom stereocenters. The van der Waals surface area contributed by atoms with Gasteiger partial charge in [0.05, 0.1) is 26.0 Å². The number of hydrogen-bond donors (Lipinski definition) is 1. The highest BCUT2D eigenvalue weighted by Gasteiger charge is 2.17. The highest BCUT2D eigenvalue weighted by molar-refractivity contribution is 7.08. The quantitative estimate of drug-likeness (QED) is 0.358. The highest BCUT2D eigenvalue weighted by Crippen LogP contribution is 2.30. The van der Waals surface area contributed by atoms with Crippen molar-refractivity contribution in [3.63, 3.8) is 0 Å². The zero-order valence-electron chi connectivity index (χ0n) is 19.2. The molecule has 1 N–H and O–H groups in total. The third-order valence-corrected chi connectivity index (χ3v) is 6.71. The van der Waals surface area contributed by atoms with Gasteiger partial charge in [-0.25, -0.2) is 15.0 Å². The number of fused-ring (bicyclic) bond motifs is 1. The van der Waals surface area contributed by atoms with E-state index >= 15 is 0 Å². The molecule has 1 aliphatic heterocycles. The van der Waals surface area contributed by atoms with Crippen LogP contribution in [-0.4, -0.2) is 52.9 Å². The lowest BCUT2D eigenvalue weighted by atomic mass is 10.2. The van der Waals surface area contributed by atoms with Crippen molar-refractivity contribution in [2.45, 2.75) is 0 Å². The van der Waals surface area contributed by atoms with E-state index in [1.807, 2.05) is 34.2 Å². The molecular weight excluding hydrogens is 460 g/mol. The van der Waals surface area contributed by atoms with E-state index in [1.54, 1.807) is 24.8 Å². The van der Waals surface area contributed by atoms with Gasteiger partial charge in [0.1, 0.15) is 12.1 Å². The minimum Gasteiger partial charge on any atom is -0.497 e. The number of anilines is 3. The van der Waals surface area contributed by atoms with Gasteiger partial charge in [0.25, 0.3) is 0 Å². The molecule has 0 amide bonds. The second-order valence-corrected chi connectivity index (χ2v) is 8.94. The molecule has 3 aromatic heterocycles. The molecule has 1 fully saturated rings. The van der Waals surface area contributed by atoms with Gasteiger partial charge in [0, 0.05) is 35.4 Å². The zero-order valence-corrected chi connectivity index (χ0v) is 20.0.